The molecular weight excluding hydrogens is 851 g/mol. The van der Waals surface area contributed by atoms with E-state index in [2.05, 4.69) is 21.3 Å². The van der Waals surface area contributed by atoms with Crippen molar-refractivity contribution in [2.24, 2.45) is 41.0 Å². The number of hydrogen-bond acceptors (Lipinski definition) is 14. The third kappa shape index (κ3) is 19.4. The molecule has 0 radical (unpaired) electrons. The van der Waals surface area contributed by atoms with Crippen molar-refractivity contribution in [2.75, 3.05) is 51.3 Å². The lowest BCUT2D eigenvalue weighted by atomic mass is 9.81. The molecule has 66 heavy (non-hydrogen) atoms. The molecule has 1 aliphatic heterocycles. The molecule has 19 heteroatoms. The van der Waals surface area contributed by atoms with Crippen LogP contribution >= 0.6 is 0 Å². The zero-order valence-corrected chi connectivity index (χ0v) is 40.2. The van der Waals surface area contributed by atoms with E-state index in [0.29, 0.717) is 82.6 Å². The number of carbonyl (C=O) groups excluding carboxylic acids is 7. The number of unbranched alkanes of at least 4 members (excludes halogenated alkanes) is 1. The molecule has 2 fully saturated rings. The largest absolute Gasteiger partial charge is 0.461 e. The van der Waals surface area contributed by atoms with Crippen molar-refractivity contribution in [3.05, 3.63) is 41.7 Å². The zero-order chi connectivity index (χ0) is 49.0. The van der Waals surface area contributed by atoms with Crippen LogP contribution in [0.3, 0.4) is 0 Å². The van der Waals surface area contributed by atoms with Crippen LogP contribution in [0.4, 0.5) is 5.69 Å². The molecule has 1 aromatic carbocycles. The zero-order valence-electron chi connectivity index (χ0n) is 40.2. The van der Waals surface area contributed by atoms with Gasteiger partial charge in [-0.15, -0.1) is 0 Å². The summed E-state index contributed by atoms with van der Waals surface area (Å²) >= 11 is 0. The molecule has 19 nitrogen and oxygen atoms in total. The fraction of sp³-hybridized carbons (Fsp3) is 0.681. The van der Waals surface area contributed by atoms with Gasteiger partial charge in [-0.1, -0.05) is 32.9 Å². The topological polar surface area (TPSA) is 280 Å². The summed E-state index contributed by atoms with van der Waals surface area (Å²) < 4.78 is 16.8. The quantitative estimate of drug-likeness (QED) is 0.0209. The smallest absolute Gasteiger partial charge is 0.308 e. The summed E-state index contributed by atoms with van der Waals surface area (Å²) in [5.74, 6) is 3.98. The fourth-order valence-corrected chi connectivity index (χ4v) is 7.44. The average molecular weight is 928 g/mol. The number of amides is 6. The van der Waals surface area contributed by atoms with Crippen molar-refractivity contribution in [1.29, 1.82) is 0 Å². The molecule has 2 aliphatic rings. The number of esters is 1. The molecule has 6 amide bonds. The van der Waals surface area contributed by atoms with Gasteiger partial charge in [-0.05, 0) is 116 Å². The maximum Gasteiger partial charge on any atom is 0.308 e. The number of hydrazine groups is 1. The molecule has 0 aromatic heterocycles. The number of nitrogens with two attached hydrogens (primary N) is 3. The van der Waals surface area contributed by atoms with Gasteiger partial charge in [-0.25, -0.2) is 5.84 Å². The van der Waals surface area contributed by atoms with Crippen LogP contribution in [-0.4, -0.2) is 115 Å². The predicted molar refractivity (Wildman–Crippen MR) is 249 cm³/mol. The highest BCUT2D eigenvalue weighted by molar-refractivity contribution is 6.03. The Labute approximate surface area is 390 Å². The second-order valence-electron chi connectivity index (χ2n) is 19.1. The van der Waals surface area contributed by atoms with Crippen LogP contribution in [-0.2, 0) is 54.4 Å². The van der Waals surface area contributed by atoms with E-state index in [9.17, 15) is 33.6 Å². The number of anilines is 1. The van der Waals surface area contributed by atoms with Gasteiger partial charge in [0.1, 0.15) is 25.9 Å². The first kappa shape index (κ1) is 55.2. The first-order valence-electron chi connectivity index (χ1n) is 23.3. The first-order chi connectivity index (χ1) is 31.1. The van der Waals surface area contributed by atoms with Crippen molar-refractivity contribution >= 4 is 47.1 Å². The minimum absolute atomic E-state index is 0.0798. The number of hydrogen-bond donors (Lipinski definition) is 7. The summed E-state index contributed by atoms with van der Waals surface area (Å²) in [4.78, 5) is 89.0. The van der Waals surface area contributed by atoms with Crippen LogP contribution in [0.25, 0.3) is 0 Å². The van der Waals surface area contributed by atoms with E-state index in [1.54, 1.807) is 51.2 Å². The molecule has 1 heterocycles. The van der Waals surface area contributed by atoms with Crippen molar-refractivity contribution in [2.45, 2.75) is 136 Å². The van der Waals surface area contributed by atoms with E-state index in [1.165, 1.54) is 9.91 Å². The molecule has 1 aromatic rings. The lowest BCUT2D eigenvalue weighted by Crippen LogP contribution is -2.47. The number of likely N-dealkylation sites (tertiary alicyclic amines) is 1. The van der Waals surface area contributed by atoms with Gasteiger partial charge in [0.2, 0.25) is 35.4 Å². The first-order valence-corrected chi connectivity index (χ1v) is 23.3. The Hall–Kier alpha value is -5.11. The average Bonchev–Trinajstić information content (AvgIpc) is 3.50. The van der Waals surface area contributed by atoms with Crippen molar-refractivity contribution in [3.8, 4) is 0 Å². The summed E-state index contributed by atoms with van der Waals surface area (Å²) in [5.41, 5.74) is 12.4. The summed E-state index contributed by atoms with van der Waals surface area (Å²) in [5, 5.41) is 12.7. The van der Waals surface area contributed by atoms with Gasteiger partial charge in [0.25, 0.3) is 0 Å². The summed E-state index contributed by atoms with van der Waals surface area (Å²) in [7, 11) is 0. The van der Waals surface area contributed by atoms with Crippen LogP contribution < -0.4 is 38.6 Å². The Kier molecular flexibility index (Phi) is 22.5. The molecule has 1 saturated heterocycles. The van der Waals surface area contributed by atoms with Crippen LogP contribution in [0.1, 0.15) is 118 Å². The van der Waals surface area contributed by atoms with E-state index in [-0.39, 0.29) is 73.5 Å². The van der Waals surface area contributed by atoms with Gasteiger partial charge >= 0.3 is 5.97 Å². The van der Waals surface area contributed by atoms with Crippen molar-refractivity contribution < 1.29 is 47.8 Å². The van der Waals surface area contributed by atoms with Gasteiger partial charge in [0, 0.05) is 55.5 Å². The Bertz CT molecular complexity index is 1810. The highest BCUT2D eigenvalue weighted by Crippen LogP contribution is 2.31. The molecule has 1 saturated carbocycles. The molecule has 2 unspecified atom stereocenters. The molecule has 370 valence electrons. The number of nitrogens with one attached hydrogen (secondary N) is 4. The minimum Gasteiger partial charge on any atom is -0.461 e. The SMILES string of the molecule is CC(C)C(=O)OCc1ccc(NC(=O)C(CCCCN)NC(=O)COCC(=O)NCCC(C)(C)OCCC(C)(C)N(N)/C=C(\N)CNC(=O)C2CCC(CN3C(=O)CC(C)C3=O)CC2)cc1. The van der Waals surface area contributed by atoms with Crippen LogP contribution in [0.2, 0.25) is 0 Å². The third-order valence-corrected chi connectivity index (χ3v) is 12.0. The Balaban J connectivity index is 1.31. The fourth-order valence-electron chi connectivity index (χ4n) is 7.44. The maximum absolute atomic E-state index is 13.1. The molecule has 2 atom stereocenters. The van der Waals surface area contributed by atoms with Crippen molar-refractivity contribution in [1.82, 2.24) is 25.9 Å². The minimum atomic E-state index is -0.856. The number of nitrogens with zero attached hydrogens (tertiary/aromatic N) is 2. The predicted octanol–water partition coefficient (Wildman–Crippen LogP) is 2.72. The van der Waals surface area contributed by atoms with Crippen LogP contribution in [0.15, 0.2) is 36.2 Å². The second kappa shape index (κ2) is 26.9. The summed E-state index contributed by atoms with van der Waals surface area (Å²) in [6.45, 7) is 14.0. The molecule has 0 spiro atoms. The van der Waals surface area contributed by atoms with Crippen LogP contribution in [0, 0.1) is 23.7 Å². The maximum atomic E-state index is 13.1. The van der Waals surface area contributed by atoms with E-state index >= 15 is 0 Å². The molecule has 3 rings (SSSR count). The number of carbonyl (C=O) groups is 7. The Morgan fingerprint density at radius 3 is 2.23 bits per heavy atom. The highest BCUT2D eigenvalue weighted by atomic mass is 16.5. The molecule has 1 aliphatic carbocycles. The summed E-state index contributed by atoms with van der Waals surface area (Å²) in [6, 6.07) is 6.00. The van der Waals surface area contributed by atoms with Gasteiger partial charge in [-0.2, -0.15) is 0 Å². The highest BCUT2D eigenvalue weighted by Gasteiger charge is 2.38. The lowest BCUT2D eigenvalue weighted by molar-refractivity contribution is -0.148. The molecular formula is C47H77N9O10. The lowest BCUT2D eigenvalue weighted by Gasteiger charge is -2.36. The number of rotatable bonds is 28. The van der Waals surface area contributed by atoms with Crippen LogP contribution in [0.5, 0.6) is 0 Å². The normalized spacial score (nSPS) is 18.5. The van der Waals surface area contributed by atoms with Crippen molar-refractivity contribution in [3.63, 3.8) is 0 Å². The number of benzene rings is 1. The molecule has 0 bridgehead atoms. The second-order valence-corrected chi connectivity index (χ2v) is 19.1. The molecule has 10 N–H and O–H groups in total. The standard InChI is InChI=1S/C47H77N9O10/c1-31(2)45(63)65-28-34-13-17-37(18-14-34)53-43(61)38(10-8-9-21-48)54-40(58)30-64-29-39(57)51-22-19-47(6,7)66-23-20-46(4,5)56(50)27-36(49)25-52-42(60)35-15-11-33(12-16-35)26-55-41(59)24-32(3)44(55)62/h13-14,17-18,27,31-33,35,38H,8-12,15-16,19-26,28-30,48-50H2,1-7H3,(H,51,57)(H,52,60)(H,53,61)(H,54,58)/b36-27-. The van der Waals surface area contributed by atoms with Gasteiger partial charge in [0.15, 0.2) is 0 Å². The number of imide groups is 1. The van der Waals surface area contributed by atoms with E-state index < -0.39 is 41.5 Å². The summed E-state index contributed by atoms with van der Waals surface area (Å²) in [6.07, 6.45) is 7.46. The Morgan fingerprint density at radius 2 is 1.61 bits per heavy atom. The monoisotopic (exact) mass is 928 g/mol. The third-order valence-electron chi connectivity index (χ3n) is 12.0. The van der Waals surface area contributed by atoms with Gasteiger partial charge in [-0.3, -0.25) is 38.5 Å². The van der Waals surface area contributed by atoms with Gasteiger partial charge < -0.3 is 52.0 Å². The van der Waals surface area contributed by atoms with E-state index in [0.717, 1.165) is 18.4 Å². The Morgan fingerprint density at radius 1 is 0.939 bits per heavy atom. The van der Waals surface area contributed by atoms with Gasteiger partial charge in [0.05, 0.1) is 23.6 Å². The van der Waals surface area contributed by atoms with E-state index in [1.807, 2.05) is 27.7 Å². The van der Waals surface area contributed by atoms with E-state index in [4.69, 9.17) is 31.5 Å². The number of ether oxygens (including phenoxy) is 3.